The van der Waals surface area contributed by atoms with Crippen LogP contribution in [-0.4, -0.2) is 18.0 Å². The molecule has 0 bridgehead atoms. The van der Waals surface area contributed by atoms with E-state index in [1.807, 2.05) is 0 Å². The van der Waals surface area contributed by atoms with Crippen molar-refractivity contribution in [1.82, 2.24) is 4.98 Å². The molecule has 0 unspecified atom stereocenters. The van der Waals surface area contributed by atoms with Crippen molar-refractivity contribution < 1.29 is 18.3 Å². The lowest BCUT2D eigenvalue weighted by molar-refractivity contribution is 0.102. The summed E-state index contributed by atoms with van der Waals surface area (Å²) in [4.78, 5) is 16.8. The summed E-state index contributed by atoms with van der Waals surface area (Å²) in [5, 5.41) is 3.13. The van der Waals surface area contributed by atoms with Crippen molar-refractivity contribution in [3.63, 3.8) is 0 Å². The van der Waals surface area contributed by atoms with Crippen LogP contribution in [0.2, 0.25) is 5.02 Å². The van der Waals surface area contributed by atoms with Crippen LogP contribution in [0.4, 0.5) is 10.1 Å². The molecule has 1 heterocycles. The Hall–Kier alpha value is -3.38. The van der Waals surface area contributed by atoms with Crippen molar-refractivity contribution in [2.45, 2.75) is 0 Å². The number of anilines is 1. The number of carbonyl (C=O) groups excluding carboxylic acids is 1. The van der Waals surface area contributed by atoms with Crippen LogP contribution in [0.3, 0.4) is 0 Å². The van der Waals surface area contributed by atoms with E-state index >= 15 is 0 Å². The molecule has 5 nitrogen and oxygen atoms in total. The molecule has 1 amide bonds. The molecule has 0 fully saturated rings. The molecule has 0 saturated heterocycles. The Morgan fingerprint density at radius 1 is 1.14 bits per heavy atom. The number of rotatable bonds is 4. The minimum atomic E-state index is -0.418. The zero-order valence-corrected chi connectivity index (χ0v) is 15.5. The molecule has 0 aliphatic heterocycles. The van der Waals surface area contributed by atoms with Crippen molar-refractivity contribution in [3.8, 4) is 17.2 Å². The second-order valence-electron chi connectivity index (χ2n) is 5.98. The minimum absolute atomic E-state index is 0.179. The second-order valence-corrected chi connectivity index (χ2v) is 6.39. The number of fused-ring (bicyclic) bond motifs is 1. The van der Waals surface area contributed by atoms with Gasteiger partial charge >= 0.3 is 0 Å². The fourth-order valence-electron chi connectivity index (χ4n) is 2.77. The van der Waals surface area contributed by atoms with Crippen LogP contribution in [0.1, 0.15) is 10.4 Å². The van der Waals surface area contributed by atoms with Crippen LogP contribution in [0.25, 0.3) is 22.6 Å². The van der Waals surface area contributed by atoms with Gasteiger partial charge < -0.3 is 14.5 Å². The molecule has 0 radical (unpaired) electrons. The van der Waals surface area contributed by atoms with E-state index in [4.69, 9.17) is 20.8 Å². The van der Waals surface area contributed by atoms with E-state index in [9.17, 15) is 9.18 Å². The van der Waals surface area contributed by atoms with Crippen LogP contribution in [-0.2, 0) is 0 Å². The molecule has 7 heteroatoms. The second kappa shape index (κ2) is 7.32. The van der Waals surface area contributed by atoms with E-state index in [-0.39, 0.29) is 17.4 Å². The average Bonchev–Trinajstić information content (AvgIpc) is 3.11. The molecular formula is C21H14ClFN2O3. The first kappa shape index (κ1) is 18.0. The number of aromatic nitrogens is 1. The molecule has 0 spiro atoms. The summed E-state index contributed by atoms with van der Waals surface area (Å²) in [7, 11) is 1.50. The van der Waals surface area contributed by atoms with Gasteiger partial charge in [-0.25, -0.2) is 9.37 Å². The summed E-state index contributed by atoms with van der Waals surface area (Å²) in [5.74, 6) is -0.0814. The molecule has 0 aliphatic rings. The van der Waals surface area contributed by atoms with Crippen molar-refractivity contribution >= 4 is 34.3 Å². The summed E-state index contributed by atoms with van der Waals surface area (Å²) in [6, 6.07) is 16.0. The first-order valence-corrected chi connectivity index (χ1v) is 8.73. The summed E-state index contributed by atoms with van der Waals surface area (Å²) in [6.07, 6.45) is 0. The van der Waals surface area contributed by atoms with E-state index < -0.39 is 5.82 Å². The van der Waals surface area contributed by atoms with Gasteiger partial charge in [0.2, 0.25) is 5.89 Å². The summed E-state index contributed by atoms with van der Waals surface area (Å²) >= 11 is 6.07. The summed E-state index contributed by atoms with van der Waals surface area (Å²) in [6.45, 7) is 0. The van der Waals surface area contributed by atoms with Gasteiger partial charge in [0.1, 0.15) is 17.1 Å². The number of methoxy groups -OCH3 is 1. The largest absolute Gasteiger partial charge is 0.495 e. The standard InChI is InChI=1S/C21H14ClFN2O3/c1-27-18-8-6-12(10-15(18)22)20(26)24-13-7-9-19-17(11-13)25-21(28-19)14-4-2-3-5-16(14)23/h2-11H,1H3,(H,24,26). The van der Waals surface area contributed by atoms with Gasteiger partial charge in [-0.3, -0.25) is 4.79 Å². The molecule has 0 atom stereocenters. The molecule has 0 aliphatic carbocycles. The normalized spacial score (nSPS) is 10.8. The maximum atomic E-state index is 14.0. The van der Waals surface area contributed by atoms with Gasteiger partial charge in [0, 0.05) is 11.3 Å². The first-order chi connectivity index (χ1) is 13.5. The molecule has 140 valence electrons. The number of nitrogens with zero attached hydrogens (tertiary/aromatic N) is 1. The van der Waals surface area contributed by atoms with Gasteiger partial charge in [-0.2, -0.15) is 0 Å². The number of carbonyl (C=O) groups is 1. The monoisotopic (exact) mass is 396 g/mol. The fraction of sp³-hybridized carbons (Fsp3) is 0.0476. The third-order valence-corrected chi connectivity index (χ3v) is 4.46. The predicted octanol–water partition coefficient (Wildman–Crippen LogP) is 5.55. The quantitative estimate of drug-likeness (QED) is 0.491. The Kier molecular flexibility index (Phi) is 4.71. The molecule has 0 saturated carbocycles. The maximum absolute atomic E-state index is 14.0. The van der Waals surface area contributed by atoms with Crippen LogP contribution >= 0.6 is 11.6 Å². The molecule has 1 aromatic heterocycles. The number of hydrogen-bond donors (Lipinski definition) is 1. The van der Waals surface area contributed by atoms with E-state index in [0.717, 1.165) is 0 Å². The highest BCUT2D eigenvalue weighted by atomic mass is 35.5. The number of benzene rings is 3. The van der Waals surface area contributed by atoms with Gasteiger partial charge in [-0.05, 0) is 48.5 Å². The van der Waals surface area contributed by atoms with Gasteiger partial charge in [0.15, 0.2) is 5.58 Å². The number of halogens is 2. The summed E-state index contributed by atoms with van der Waals surface area (Å²) < 4.78 is 24.7. The molecule has 28 heavy (non-hydrogen) atoms. The van der Waals surface area contributed by atoms with E-state index in [1.165, 1.54) is 19.2 Å². The van der Waals surface area contributed by atoms with Gasteiger partial charge in [-0.1, -0.05) is 23.7 Å². The van der Waals surface area contributed by atoms with Crippen LogP contribution < -0.4 is 10.1 Å². The van der Waals surface area contributed by atoms with Crippen molar-refractivity contribution in [3.05, 3.63) is 77.1 Å². The van der Waals surface area contributed by atoms with Crippen molar-refractivity contribution in [2.75, 3.05) is 12.4 Å². The Balaban J connectivity index is 1.60. The lowest BCUT2D eigenvalue weighted by atomic mass is 10.2. The van der Waals surface area contributed by atoms with Gasteiger partial charge in [0.25, 0.3) is 5.91 Å². The Morgan fingerprint density at radius 3 is 2.71 bits per heavy atom. The molecule has 1 N–H and O–H groups in total. The van der Waals surface area contributed by atoms with Crippen LogP contribution in [0.5, 0.6) is 5.75 Å². The third kappa shape index (κ3) is 3.42. The highest BCUT2D eigenvalue weighted by molar-refractivity contribution is 6.32. The highest BCUT2D eigenvalue weighted by Gasteiger charge is 2.14. The number of hydrogen-bond acceptors (Lipinski definition) is 4. The van der Waals surface area contributed by atoms with E-state index in [1.54, 1.807) is 48.5 Å². The molecule has 4 aromatic rings. The lowest BCUT2D eigenvalue weighted by Crippen LogP contribution is -2.11. The lowest BCUT2D eigenvalue weighted by Gasteiger charge is -2.07. The maximum Gasteiger partial charge on any atom is 0.255 e. The van der Waals surface area contributed by atoms with Gasteiger partial charge in [0.05, 0.1) is 17.7 Å². The zero-order chi connectivity index (χ0) is 19.7. The van der Waals surface area contributed by atoms with E-state index in [2.05, 4.69) is 10.3 Å². The van der Waals surface area contributed by atoms with Crippen LogP contribution in [0.15, 0.2) is 65.1 Å². The number of amides is 1. The van der Waals surface area contributed by atoms with Crippen molar-refractivity contribution in [1.29, 1.82) is 0 Å². The third-order valence-electron chi connectivity index (χ3n) is 4.16. The highest BCUT2D eigenvalue weighted by Crippen LogP contribution is 2.28. The fourth-order valence-corrected chi connectivity index (χ4v) is 3.02. The topological polar surface area (TPSA) is 64.4 Å². The predicted molar refractivity (Wildman–Crippen MR) is 105 cm³/mol. The molecule has 3 aromatic carbocycles. The smallest absolute Gasteiger partial charge is 0.255 e. The van der Waals surface area contributed by atoms with Crippen LogP contribution in [0, 0.1) is 5.82 Å². The average molecular weight is 397 g/mol. The zero-order valence-electron chi connectivity index (χ0n) is 14.7. The molecular weight excluding hydrogens is 383 g/mol. The minimum Gasteiger partial charge on any atom is -0.495 e. The molecule has 4 rings (SSSR count). The van der Waals surface area contributed by atoms with Gasteiger partial charge in [-0.15, -0.1) is 0 Å². The Bertz CT molecular complexity index is 1190. The van der Waals surface area contributed by atoms with E-state index in [0.29, 0.717) is 33.1 Å². The summed E-state index contributed by atoms with van der Waals surface area (Å²) in [5.41, 5.74) is 2.18. The number of nitrogens with one attached hydrogen (secondary N) is 1. The number of oxazole rings is 1. The number of ether oxygens (including phenoxy) is 1. The Labute approximate surface area is 164 Å². The van der Waals surface area contributed by atoms with Crippen molar-refractivity contribution in [2.24, 2.45) is 0 Å². The Morgan fingerprint density at radius 2 is 1.96 bits per heavy atom. The first-order valence-electron chi connectivity index (χ1n) is 8.35. The SMILES string of the molecule is COc1ccc(C(=O)Nc2ccc3oc(-c4ccccc4F)nc3c2)cc1Cl.